The molecule has 0 aliphatic rings. The minimum absolute atomic E-state index is 0.0225. The van der Waals surface area contributed by atoms with Crippen molar-refractivity contribution >= 4 is 22.6 Å². The molecule has 4 aromatic rings. The van der Waals surface area contributed by atoms with Crippen LogP contribution >= 0.6 is 0 Å². The Bertz CT molecular complexity index is 1130. The van der Waals surface area contributed by atoms with Gasteiger partial charge in [0.1, 0.15) is 6.61 Å². The van der Waals surface area contributed by atoms with Gasteiger partial charge in [0.25, 0.3) is 5.91 Å². The molecule has 6 nitrogen and oxygen atoms in total. The molecule has 29 heavy (non-hydrogen) atoms. The van der Waals surface area contributed by atoms with Crippen molar-refractivity contribution in [2.45, 2.75) is 27.0 Å². The Hall–Kier alpha value is -3.38. The molecule has 0 saturated carbocycles. The molecule has 2 aromatic carbocycles. The predicted molar refractivity (Wildman–Crippen MR) is 115 cm³/mol. The van der Waals surface area contributed by atoms with Crippen LogP contribution in [0.25, 0.3) is 22.3 Å². The summed E-state index contributed by atoms with van der Waals surface area (Å²) in [7, 11) is 0. The van der Waals surface area contributed by atoms with Gasteiger partial charge in [-0.15, -0.1) is 0 Å². The van der Waals surface area contributed by atoms with Crippen LogP contribution in [0.15, 0.2) is 60.7 Å². The summed E-state index contributed by atoms with van der Waals surface area (Å²) in [4.78, 5) is 12.2. The highest BCUT2D eigenvalue weighted by atomic mass is 16.5. The molecule has 0 bridgehead atoms. The Labute approximate surface area is 169 Å². The van der Waals surface area contributed by atoms with E-state index in [4.69, 9.17) is 4.74 Å². The molecule has 0 fully saturated rings. The standard InChI is InChI=1S/C23H24N4O2/c1-3-27-20-12-8-7-11-18(20)16(2)23(27)19-13-21(26-25-19)24-22(28)15-29-14-17-9-5-4-6-10-17/h4-13H,3,14-15H2,1-2H3,(H2,24,25,26,28). The summed E-state index contributed by atoms with van der Waals surface area (Å²) in [6.07, 6.45) is 0. The number of hydrogen-bond acceptors (Lipinski definition) is 3. The topological polar surface area (TPSA) is 71.9 Å². The maximum absolute atomic E-state index is 12.2. The zero-order valence-electron chi connectivity index (χ0n) is 16.6. The number of para-hydroxylation sites is 1. The first kappa shape index (κ1) is 19.0. The summed E-state index contributed by atoms with van der Waals surface area (Å²) in [6, 6.07) is 20.0. The van der Waals surface area contributed by atoms with Crippen molar-refractivity contribution in [2.75, 3.05) is 11.9 Å². The van der Waals surface area contributed by atoms with E-state index in [9.17, 15) is 4.79 Å². The normalized spacial score (nSPS) is 11.1. The molecule has 148 valence electrons. The summed E-state index contributed by atoms with van der Waals surface area (Å²) in [5.74, 6) is 0.257. The van der Waals surface area contributed by atoms with E-state index < -0.39 is 0 Å². The fourth-order valence-electron chi connectivity index (χ4n) is 3.67. The number of fused-ring (bicyclic) bond motifs is 1. The van der Waals surface area contributed by atoms with Crippen LogP contribution in [0.2, 0.25) is 0 Å². The van der Waals surface area contributed by atoms with Crippen LogP contribution in [0.3, 0.4) is 0 Å². The Kier molecular flexibility index (Phi) is 5.44. The molecule has 0 aliphatic heterocycles. The molecule has 0 radical (unpaired) electrons. The third-order valence-electron chi connectivity index (χ3n) is 4.99. The van der Waals surface area contributed by atoms with Crippen molar-refractivity contribution in [3.63, 3.8) is 0 Å². The van der Waals surface area contributed by atoms with Crippen molar-refractivity contribution in [2.24, 2.45) is 0 Å². The van der Waals surface area contributed by atoms with E-state index in [0.717, 1.165) is 23.5 Å². The van der Waals surface area contributed by atoms with E-state index in [2.05, 4.69) is 46.1 Å². The smallest absolute Gasteiger partial charge is 0.251 e. The summed E-state index contributed by atoms with van der Waals surface area (Å²) in [5.41, 5.74) is 5.38. The third kappa shape index (κ3) is 3.93. The second kappa shape index (κ2) is 8.32. The fraction of sp³-hybridized carbons (Fsp3) is 0.217. The number of aryl methyl sites for hydroxylation is 2. The molecule has 6 heteroatoms. The molecule has 4 rings (SSSR count). The zero-order chi connectivity index (χ0) is 20.2. The number of hydrogen-bond donors (Lipinski definition) is 2. The number of amides is 1. The number of rotatable bonds is 7. The van der Waals surface area contributed by atoms with Gasteiger partial charge in [-0.1, -0.05) is 48.5 Å². The Balaban J connectivity index is 1.45. The first-order valence-corrected chi connectivity index (χ1v) is 9.72. The average molecular weight is 388 g/mol. The first-order chi connectivity index (χ1) is 14.2. The lowest BCUT2D eigenvalue weighted by atomic mass is 10.1. The fourth-order valence-corrected chi connectivity index (χ4v) is 3.67. The molecule has 0 saturated heterocycles. The molecule has 1 amide bonds. The Morgan fingerprint density at radius 2 is 1.90 bits per heavy atom. The van der Waals surface area contributed by atoms with Gasteiger partial charge in [0.15, 0.2) is 5.82 Å². The molecule has 0 aliphatic carbocycles. The van der Waals surface area contributed by atoms with Crippen LogP contribution in [0.4, 0.5) is 5.82 Å². The van der Waals surface area contributed by atoms with Crippen molar-refractivity contribution in [1.82, 2.24) is 14.8 Å². The van der Waals surface area contributed by atoms with Gasteiger partial charge in [0.2, 0.25) is 0 Å². The van der Waals surface area contributed by atoms with E-state index in [0.29, 0.717) is 12.4 Å². The van der Waals surface area contributed by atoms with Crippen molar-refractivity contribution in [3.8, 4) is 11.4 Å². The maximum atomic E-state index is 12.2. The van der Waals surface area contributed by atoms with Crippen LogP contribution in [0.1, 0.15) is 18.1 Å². The quantitative estimate of drug-likeness (QED) is 0.489. The summed E-state index contributed by atoms with van der Waals surface area (Å²) < 4.78 is 7.74. The summed E-state index contributed by atoms with van der Waals surface area (Å²) in [5, 5.41) is 11.3. The number of benzene rings is 2. The van der Waals surface area contributed by atoms with Gasteiger partial charge in [0, 0.05) is 23.5 Å². The SMILES string of the molecule is CCn1c(-c2cc(NC(=O)COCc3ccccc3)n[nH]2)c(C)c2ccccc21. The highest BCUT2D eigenvalue weighted by Gasteiger charge is 2.17. The lowest BCUT2D eigenvalue weighted by Crippen LogP contribution is -2.18. The van der Waals surface area contributed by atoms with E-state index in [1.165, 1.54) is 16.5 Å². The lowest BCUT2D eigenvalue weighted by molar-refractivity contribution is -0.121. The molecule has 0 unspecified atom stereocenters. The molecule has 0 atom stereocenters. The van der Waals surface area contributed by atoms with E-state index >= 15 is 0 Å². The minimum Gasteiger partial charge on any atom is -0.367 e. The van der Waals surface area contributed by atoms with Crippen molar-refractivity contribution in [3.05, 3.63) is 71.8 Å². The number of nitrogens with zero attached hydrogens (tertiary/aromatic N) is 2. The third-order valence-corrected chi connectivity index (χ3v) is 4.99. The van der Waals surface area contributed by atoms with Gasteiger partial charge in [-0.25, -0.2) is 0 Å². The van der Waals surface area contributed by atoms with Crippen LogP contribution in [-0.2, 0) is 22.7 Å². The van der Waals surface area contributed by atoms with Crippen LogP contribution in [0.5, 0.6) is 0 Å². The number of ether oxygens (including phenoxy) is 1. The summed E-state index contributed by atoms with van der Waals surface area (Å²) >= 11 is 0. The van der Waals surface area contributed by atoms with E-state index in [1.807, 2.05) is 48.5 Å². The van der Waals surface area contributed by atoms with Gasteiger partial charge in [-0.3, -0.25) is 9.89 Å². The Morgan fingerprint density at radius 1 is 1.14 bits per heavy atom. The average Bonchev–Trinajstić information content (AvgIpc) is 3.31. The van der Waals surface area contributed by atoms with Crippen LogP contribution < -0.4 is 5.32 Å². The number of aromatic nitrogens is 3. The molecule has 0 spiro atoms. The minimum atomic E-state index is -0.230. The molecule has 2 heterocycles. The number of carbonyl (C=O) groups is 1. The van der Waals surface area contributed by atoms with Gasteiger partial charge in [-0.05, 0) is 31.0 Å². The highest BCUT2D eigenvalue weighted by molar-refractivity contribution is 5.93. The number of H-pyrrole nitrogens is 1. The van der Waals surface area contributed by atoms with E-state index in [1.54, 1.807) is 0 Å². The Morgan fingerprint density at radius 3 is 2.69 bits per heavy atom. The monoisotopic (exact) mass is 388 g/mol. The zero-order valence-corrected chi connectivity index (χ0v) is 16.6. The number of anilines is 1. The van der Waals surface area contributed by atoms with E-state index in [-0.39, 0.29) is 12.5 Å². The second-order valence-corrected chi connectivity index (χ2v) is 6.93. The molecular weight excluding hydrogens is 364 g/mol. The van der Waals surface area contributed by atoms with Crippen molar-refractivity contribution < 1.29 is 9.53 Å². The second-order valence-electron chi connectivity index (χ2n) is 6.93. The molecule has 2 N–H and O–H groups in total. The van der Waals surface area contributed by atoms with Crippen LogP contribution in [-0.4, -0.2) is 27.3 Å². The van der Waals surface area contributed by atoms with Gasteiger partial charge >= 0.3 is 0 Å². The van der Waals surface area contributed by atoms with Crippen molar-refractivity contribution in [1.29, 1.82) is 0 Å². The van der Waals surface area contributed by atoms with Gasteiger partial charge in [0.05, 0.1) is 18.0 Å². The summed E-state index contributed by atoms with van der Waals surface area (Å²) in [6.45, 7) is 5.46. The maximum Gasteiger partial charge on any atom is 0.251 e. The van der Waals surface area contributed by atoms with Gasteiger partial charge in [-0.2, -0.15) is 5.10 Å². The lowest BCUT2D eigenvalue weighted by Gasteiger charge is -2.06. The largest absolute Gasteiger partial charge is 0.367 e. The van der Waals surface area contributed by atoms with Crippen LogP contribution in [0, 0.1) is 6.92 Å². The first-order valence-electron chi connectivity index (χ1n) is 9.72. The highest BCUT2D eigenvalue weighted by Crippen LogP contribution is 2.33. The molecular formula is C23H24N4O2. The van der Waals surface area contributed by atoms with Gasteiger partial charge < -0.3 is 14.6 Å². The number of aromatic amines is 1. The molecule has 2 aromatic heterocycles. The number of nitrogens with one attached hydrogen (secondary N) is 2. The predicted octanol–water partition coefficient (Wildman–Crippen LogP) is 4.52. The number of carbonyl (C=O) groups excluding carboxylic acids is 1.